The van der Waals surface area contributed by atoms with Crippen molar-refractivity contribution in [1.82, 2.24) is 5.32 Å². The van der Waals surface area contributed by atoms with Gasteiger partial charge in [-0.25, -0.2) is 0 Å². The van der Waals surface area contributed by atoms with Crippen LogP contribution in [0.15, 0.2) is 12.2 Å². The quantitative estimate of drug-likeness (QED) is 0.651. The zero-order valence-electron chi connectivity index (χ0n) is 9.08. The molecule has 0 spiro atoms. The number of nitrogens with two attached hydrogens (primary N) is 1. The Bertz CT molecular complexity index is 208. The van der Waals surface area contributed by atoms with E-state index in [-0.39, 0.29) is 0 Å². The molecule has 3 atom stereocenters. The molecule has 3 N–H and O–H groups in total. The van der Waals surface area contributed by atoms with Crippen LogP contribution >= 0.6 is 0 Å². The van der Waals surface area contributed by atoms with Crippen molar-refractivity contribution in [2.45, 2.75) is 32.2 Å². The highest BCUT2D eigenvalue weighted by Gasteiger charge is 2.27. The largest absolute Gasteiger partial charge is 0.324 e. The van der Waals surface area contributed by atoms with E-state index >= 15 is 0 Å². The molecule has 3 unspecified atom stereocenters. The maximum absolute atomic E-state index is 5.80. The van der Waals surface area contributed by atoms with Crippen LogP contribution in [0.2, 0.25) is 0 Å². The molecule has 1 fully saturated rings. The number of rotatable bonds is 5. The highest BCUT2D eigenvalue weighted by Crippen LogP contribution is 2.36. The van der Waals surface area contributed by atoms with Crippen LogP contribution in [-0.2, 0) is 0 Å². The summed E-state index contributed by atoms with van der Waals surface area (Å²) in [5.41, 5.74) is 5.80. The van der Waals surface area contributed by atoms with Crippen molar-refractivity contribution in [2.75, 3.05) is 13.1 Å². The molecular formula is C12H22N2. The Morgan fingerprint density at radius 1 is 1.43 bits per heavy atom. The van der Waals surface area contributed by atoms with E-state index in [4.69, 9.17) is 5.73 Å². The molecule has 80 valence electrons. The Balaban J connectivity index is 1.56. The molecular weight excluding hydrogens is 172 g/mol. The first-order valence-electron chi connectivity index (χ1n) is 5.90. The third kappa shape index (κ3) is 2.82. The van der Waals surface area contributed by atoms with Gasteiger partial charge in [-0.2, -0.15) is 0 Å². The molecule has 2 heteroatoms. The monoisotopic (exact) mass is 194 g/mol. The Labute approximate surface area is 86.9 Å². The fraction of sp³-hybridized carbons (Fsp3) is 0.833. The molecule has 14 heavy (non-hydrogen) atoms. The van der Waals surface area contributed by atoms with E-state index < -0.39 is 0 Å². The summed E-state index contributed by atoms with van der Waals surface area (Å²) in [5, 5.41) is 3.56. The lowest BCUT2D eigenvalue weighted by Crippen LogP contribution is -2.28. The molecule has 0 heterocycles. The van der Waals surface area contributed by atoms with Crippen molar-refractivity contribution >= 4 is 0 Å². The van der Waals surface area contributed by atoms with E-state index in [1.807, 2.05) is 0 Å². The minimum atomic E-state index is 0.308. The molecule has 0 aromatic rings. The second-order valence-corrected chi connectivity index (χ2v) is 5.02. The summed E-state index contributed by atoms with van der Waals surface area (Å²) >= 11 is 0. The SMILES string of the molecule is CC(CNCC1C=CC(N)C1)C1CC1. The molecule has 0 bridgehead atoms. The molecule has 0 aromatic carbocycles. The summed E-state index contributed by atoms with van der Waals surface area (Å²) in [5.74, 6) is 2.56. The van der Waals surface area contributed by atoms with Crippen LogP contribution in [0, 0.1) is 17.8 Å². The lowest BCUT2D eigenvalue weighted by Gasteiger charge is -2.14. The lowest BCUT2D eigenvalue weighted by atomic mass is 10.1. The maximum Gasteiger partial charge on any atom is 0.0229 e. The van der Waals surface area contributed by atoms with Crippen LogP contribution in [0.4, 0.5) is 0 Å². The van der Waals surface area contributed by atoms with Gasteiger partial charge in [0.15, 0.2) is 0 Å². The van der Waals surface area contributed by atoms with Gasteiger partial charge in [0.1, 0.15) is 0 Å². The first kappa shape index (κ1) is 10.2. The Morgan fingerprint density at radius 3 is 2.79 bits per heavy atom. The van der Waals surface area contributed by atoms with E-state index in [0.717, 1.165) is 24.8 Å². The lowest BCUT2D eigenvalue weighted by molar-refractivity contribution is 0.436. The van der Waals surface area contributed by atoms with Crippen molar-refractivity contribution in [2.24, 2.45) is 23.5 Å². The second kappa shape index (κ2) is 4.45. The van der Waals surface area contributed by atoms with Crippen molar-refractivity contribution < 1.29 is 0 Å². The first-order valence-corrected chi connectivity index (χ1v) is 5.90. The van der Waals surface area contributed by atoms with Gasteiger partial charge in [0.25, 0.3) is 0 Å². The summed E-state index contributed by atoms with van der Waals surface area (Å²) in [7, 11) is 0. The number of hydrogen-bond donors (Lipinski definition) is 2. The van der Waals surface area contributed by atoms with Gasteiger partial charge in [-0.1, -0.05) is 19.1 Å². The van der Waals surface area contributed by atoms with Gasteiger partial charge in [0.2, 0.25) is 0 Å². The van der Waals surface area contributed by atoms with Crippen molar-refractivity contribution in [3.05, 3.63) is 12.2 Å². The molecule has 2 nitrogen and oxygen atoms in total. The van der Waals surface area contributed by atoms with Crippen LogP contribution < -0.4 is 11.1 Å². The zero-order chi connectivity index (χ0) is 9.97. The minimum absolute atomic E-state index is 0.308. The molecule has 1 saturated carbocycles. The standard InChI is InChI=1S/C12H22N2/c1-9(11-3-4-11)7-14-8-10-2-5-12(13)6-10/h2,5,9-12,14H,3-4,6-8,13H2,1H3. The third-order valence-electron chi connectivity index (χ3n) is 3.50. The van der Waals surface area contributed by atoms with Crippen LogP contribution in [0.5, 0.6) is 0 Å². The van der Waals surface area contributed by atoms with E-state index in [1.54, 1.807) is 0 Å². The van der Waals surface area contributed by atoms with Gasteiger partial charge in [-0.15, -0.1) is 0 Å². The van der Waals surface area contributed by atoms with Gasteiger partial charge in [-0.3, -0.25) is 0 Å². The smallest absolute Gasteiger partial charge is 0.0229 e. The van der Waals surface area contributed by atoms with Gasteiger partial charge >= 0.3 is 0 Å². The van der Waals surface area contributed by atoms with Crippen molar-refractivity contribution in [3.8, 4) is 0 Å². The van der Waals surface area contributed by atoms with E-state index in [9.17, 15) is 0 Å². The molecule has 0 amide bonds. The van der Waals surface area contributed by atoms with Gasteiger partial charge in [0, 0.05) is 12.6 Å². The fourth-order valence-electron chi connectivity index (χ4n) is 2.29. The molecule has 0 radical (unpaired) electrons. The van der Waals surface area contributed by atoms with E-state index in [0.29, 0.717) is 12.0 Å². The van der Waals surface area contributed by atoms with Gasteiger partial charge in [0.05, 0.1) is 0 Å². The summed E-state index contributed by atoms with van der Waals surface area (Å²) in [6, 6.07) is 0.308. The summed E-state index contributed by atoms with van der Waals surface area (Å²) in [6.45, 7) is 4.66. The Morgan fingerprint density at radius 2 is 2.21 bits per heavy atom. The average molecular weight is 194 g/mol. The topological polar surface area (TPSA) is 38.0 Å². The first-order chi connectivity index (χ1) is 6.75. The maximum atomic E-state index is 5.80. The van der Waals surface area contributed by atoms with Crippen LogP contribution in [0.1, 0.15) is 26.2 Å². The Kier molecular flexibility index (Phi) is 3.24. The summed E-state index contributed by atoms with van der Waals surface area (Å²) in [4.78, 5) is 0. The predicted molar refractivity (Wildman–Crippen MR) is 60.0 cm³/mol. The van der Waals surface area contributed by atoms with E-state index in [2.05, 4.69) is 24.4 Å². The van der Waals surface area contributed by atoms with Crippen molar-refractivity contribution in [1.29, 1.82) is 0 Å². The summed E-state index contributed by atoms with van der Waals surface area (Å²) in [6.07, 6.45) is 8.44. The number of nitrogens with one attached hydrogen (secondary N) is 1. The number of hydrogen-bond acceptors (Lipinski definition) is 2. The highest BCUT2D eigenvalue weighted by molar-refractivity contribution is 5.05. The predicted octanol–water partition coefficient (Wildman–Crippen LogP) is 1.53. The van der Waals surface area contributed by atoms with Gasteiger partial charge < -0.3 is 11.1 Å². The molecule has 0 aliphatic heterocycles. The van der Waals surface area contributed by atoms with Crippen molar-refractivity contribution in [3.63, 3.8) is 0 Å². The second-order valence-electron chi connectivity index (χ2n) is 5.02. The van der Waals surface area contributed by atoms with E-state index in [1.165, 1.54) is 19.4 Å². The molecule has 2 rings (SSSR count). The van der Waals surface area contributed by atoms with Crippen LogP contribution in [0.3, 0.4) is 0 Å². The molecule has 2 aliphatic carbocycles. The average Bonchev–Trinajstić information content (AvgIpc) is 2.92. The van der Waals surface area contributed by atoms with Crippen LogP contribution in [0.25, 0.3) is 0 Å². The molecule has 2 aliphatic rings. The normalized spacial score (nSPS) is 33.6. The Hall–Kier alpha value is -0.340. The highest BCUT2D eigenvalue weighted by atomic mass is 14.9. The zero-order valence-corrected chi connectivity index (χ0v) is 9.08. The minimum Gasteiger partial charge on any atom is -0.324 e. The third-order valence-corrected chi connectivity index (χ3v) is 3.50. The van der Waals surface area contributed by atoms with Gasteiger partial charge in [-0.05, 0) is 43.6 Å². The molecule has 0 saturated heterocycles. The fourth-order valence-corrected chi connectivity index (χ4v) is 2.29. The molecule has 0 aromatic heterocycles. The van der Waals surface area contributed by atoms with Crippen LogP contribution in [-0.4, -0.2) is 19.1 Å². The summed E-state index contributed by atoms with van der Waals surface area (Å²) < 4.78 is 0.